The van der Waals surface area contributed by atoms with E-state index in [1.54, 1.807) is 17.0 Å². The highest BCUT2D eigenvalue weighted by atomic mass is 32.2. The summed E-state index contributed by atoms with van der Waals surface area (Å²) >= 11 is 0. The van der Waals surface area contributed by atoms with Crippen LogP contribution in [0.1, 0.15) is 28.8 Å². The maximum Gasteiger partial charge on any atom is 0.254 e. The van der Waals surface area contributed by atoms with E-state index in [0.29, 0.717) is 12.1 Å². The van der Waals surface area contributed by atoms with Crippen molar-refractivity contribution in [3.05, 3.63) is 78.1 Å². The molecule has 1 N–H and O–H groups in total. The van der Waals surface area contributed by atoms with Gasteiger partial charge in [0.15, 0.2) is 0 Å². The van der Waals surface area contributed by atoms with Gasteiger partial charge < -0.3 is 4.90 Å². The van der Waals surface area contributed by atoms with Gasteiger partial charge in [-0.3, -0.25) is 4.79 Å². The van der Waals surface area contributed by atoms with Crippen LogP contribution in [0.25, 0.3) is 0 Å². The number of amides is 1. The lowest BCUT2D eigenvalue weighted by Crippen LogP contribution is -2.32. The Morgan fingerprint density at radius 3 is 2.52 bits per heavy atom. The van der Waals surface area contributed by atoms with E-state index >= 15 is 0 Å². The maximum absolute atomic E-state index is 13.4. The fraction of sp³-hybridized carbons (Fsp3) is 0.250. The van der Waals surface area contributed by atoms with Gasteiger partial charge in [0, 0.05) is 24.7 Å². The highest BCUT2D eigenvalue weighted by Gasteiger charge is 2.33. The Hall–Kier alpha value is -2.51. The zero-order chi connectivity index (χ0) is 19.4. The molecule has 0 spiro atoms. The molecule has 27 heavy (non-hydrogen) atoms. The summed E-state index contributed by atoms with van der Waals surface area (Å²) in [5.74, 6) is -0.526. The van der Waals surface area contributed by atoms with Crippen molar-refractivity contribution in [2.45, 2.75) is 30.3 Å². The van der Waals surface area contributed by atoms with Gasteiger partial charge in [-0.1, -0.05) is 18.2 Å². The van der Waals surface area contributed by atoms with Gasteiger partial charge in [0.25, 0.3) is 5.91 Å². The van der Waals surface area contributed by atoms with Crippen LogP contribution in [0.5, 0.6) is 0 Å². The number of sulfonamides is 1. The van der Waals surface area contributed by atoms with Crippen molar-refractivity contribution >= 4 is 15.9 Å². The third-order valence-electron chi connectivity index (χ3n) is 4.32. The van der Waals surface area contributed by atoms with Crippen LogP contribution in [0.3, 0.4) is 0 Å². The normalized spacial score (nSPS) is 14.0. The number of halogens is 1. The quantitative estimate of drug-likeness (QED) is 0.707. The van der Waals surface area contributed by atoms with Crippen LogP contribution in [0.15, 0.2) is 66.1 Å². The average Bonchev–Trinajstić information content (AvgIpc) is 3.49. The number of benzene rings is 2. The van der Waals surface area contributed by atoms with Gasteiger partial charge in [-0.05, 0) is 54.8 Å². The lowest BCUT2D eigenvalue weighted by Gasteiger charge is -2.23. The molecule has 0 heterocycles. The van der Waals surface area contributed by atoms with E-state index in [1.807, 2.05) is 0 Å². The van der Waals surface area contributed by atoms with Crippen molar-refractivity contribution in [1.29, 1.82) is 0 Å². The molecule has 0 unspecified atom stereocenters. The molecule has 0 aliphatic heterocycles. The second-order valence-corrected chi connectivity index (χ2v) is 8.23. The van der Waals surface area contributed by atoms with Crippen molar-refractivity contribution < 1.29 is 17.6 Å². The largest absolute Gasteiger partial charge is 0.331 e. The number of carbonyl (C=O) groups is 1. The molecule has 0 atom stereocenters. The molecule has 7 heteroatoms. The molecule has 1 aliphatic carbocycles. The molecule has 2 aromatic carbocycles. The number of hydrogen-bond donors (Lipinski definition) is 1. The van der Waals surface area contributed by atoms with Crippen molar-refractivity contribution in [3.8, 4) is 0 Å². The third kappa shape index (κ3) is 4.81. The molecule has 1 aliphatic rings. The molecule has 0 aromatic heterocycles. The minimum Gasteiger partial charge on any atom is -0.331 e. The number of nitrogens with zero attached hydrogens (tertiary/aromatic N) is 1. The standard InChI is InChI=1S/C20H21FN2O3S/c1-2-12-22-27(25,26)19-10-6-16(7-11-19)20(24)23(18-8-9-18)14-15-4-3-5-17(21)13-15/h2-7,10-11,13,18,22H,1,8-9,12,14H2. The summed E-state index contributed by atoms with van der Waals surface area (Å²) in [5.41, 5.74) is 1.13. The van der Waals surface area contributed by atoms with Crippen LogP contribution >= 0.6 is 0 Å². The van der Waals surface area contributed by atoms with E-state index in [2.05, 4.69) is 11.3 Å². The van der Waals surface area contributed by atoms with Gasteiger partial charge in [-0.2, -0.15) is 0 Å². The fourth-order valence-corrected chi connectivity index (χ4v) is 3.78. The second-order valence-electron chi connectivity index (χ2n) is 6.46. The van der Waals surface area contributed by atoms with E-state index < -0.39 is 10.0 Å². The van der Waals surface area contributed by atoms with Gasteiger partial charge in [-0.15, -0.1) is 6.58 Å². The first kappa shape index (κ1) is 19.3. The zero-order valence-electron chi connectivity index (χ0n) is 14.8. The van der Waals surface area contributed by atoms with Crippen LogP contribution in [0.4, 0.5) is 4.39 Å². The van der Waals surface area contributed by atoms with E-state index in [9.17, 15) is 17.6 Å². The van der Waals surface area contributed by atoms with Crippen molar-refractivity contribution in [1.82, 2.24) is 9.62 Å². The summed E-state index contributed by atoms with van der Waals surface area (Å²) in [5, 5.41) is 0. The Balaban J connectivity index is 1.77. The highest BCUT2D eigenvalue weighted by Crippen LogP contribution is 2.30. The molecule has 3 rings (SSSR count). The third-order valence-corrected chi connectivity index (χ3v) is 5.76. The monoisotopic (exact) mass is 388 g/mol. The SMILES string of the molecule is C=CCNS(=O)(=O)c1ccc(C(=O)N(Cc2cccc(F)c2)C2CC2)cc1. The summed E-state index contributed by atoms with van der Waals surface area (Å²) in [6.07, 6.45) is 3.29. The molecule has 2 aromatic rings. The van der Waals surface area contributed by atoms with E-state index in [4.69, 9.17) is 0 Å². The van der Waals surface area contributed by atoms with Crippen LogP contribution in [-0.2, 0) is 16.6 Å². The Kier molecular flexibility index (Phi) is 5.72. The Labute approximate surface area is 158 Å². The lowest BCUT2D eigenvalue weighted by molar-refractivity contribution is 0.0729. The maximum atomic E-state index is 13.4. The second kappa shape index (κ2) is 8.02. The molecule has 0 radical (unpaired) electrons. The predicted molar refractivity (Wildman–Crippen MR) is 101 cm³/mol. The topological polar surface area (TPSA) is 66.5 Å². The van der Waals surface area contributed by atoms with E-state index in [0.717, 1.165) is 18.4 Å². The molecule has 1 amide bonds. The number of nitrogens with one attached hydrogen (secondary N) is 1. The molecule has 142 valence electrons. The highest BCUT2D eigenvalue weighted by molar-refractivity contribution is 7.89. The first-order valence-electron chi connectivity index (χ1n) is 8.67. The summed E-state index contributed by atoms with van der Waals surface area (Å²) in [7, 11) is -3.63. The molecule has 1 saturated carbocycles. The minimum atomic E-state index is -3.63. The minimum absolute atomic E-state index is 0.0870. The Morgan fingerprint density at radius 2 is 1.93 bits per heavy atom. The summed E-state index contributed by atoms with van der Waals surface area (Å²) < 4.78 is 40.0. The fourth-order valence-electron chi connectivity index (χ4n) is 2.78. The van der Waals surface area contributed by atoms with E-state index in [1.165, 1.54) is 42.5 Å². The van der Waals surface area contributed by atoms with Gasteiger partial charge in [0.1, 0.15) is 5.82 Å². The predicted octanol–water partition coefficient (Wildman–Crippen LogP) is 3.09. The molecular formula is C20H21FN2O3S. The van der Waals surface area contributed by atoms with Crippen molar-refractivity contribution in [2.24, 2.45) is 0 Å². The van der Waals surface area contributed by atoms with Crippen LogP contribution in [0, 0.1) is 5.82 Å². The van der Waals surface area contributed by atoms with Gasteiger partial charge in [0.05, 0.1) is 4.90 Å². The van der Waals surface area contributed by atoms with Crippen molar-refractivity contribution in [3.63, 3.8) is 0 Å². The number of rotatable bonds is 8. The van der Waals surface area contributed by atoms with Crippen LogP contribution in [0.2, 0.25) is 0 Å². The summed E-state index contributed by atoms with van der Waals surface area (Å²) in [4.78, 5) is 14.7. The molecule has 0 bridgehead atoms. The average molecular weight is 388 g/mol. The Bertz CT molecular complexity index is 938. The summed E-state index contributed by atoms with van der Waals surface area (Å²) in [6.45, 7) is 3.93. The first-order valence-corrected chi connectivity index (χ1v) is 10.1. The van der Waals surface area contributed by atoms with Crippen LogP contribution in [-0.4, -0.2) is 31.8 Å². The summed E-state index contributed by atoms with van der Waals surface area (Å²) in [6, 6.07) is 12.2. The van der Waals surface area contributed by atoms with Gasteiger partial charge in [0.2, 0.25) is 10.0 Å². The molecular weight excluding hydrogens is 367 g/mol. The first-order chi connectivity index (χ1) is 12.9. The lowest BCUT2D eigenvalue weighted by atomic mass is 10.1. The van der Waals surface area contributed by atoms with Crippen LogP contribution < -0.4 is 4.72 Å². The zero-order valence-corrected chi connectivity index (χ0v) is 15.6. The molecule has 0 saturated heterocycles. The number of hydrogen-bond acceptors (Lipinski definition) is 3. The van der Waals surface area contributed by atoms with Gasteiger partial charge >= 0.3 is 0 Å². The van der Waals surface area contributed by atoms with Crippen molar-refractivity contribution in [2.75, 3.05) is 6.54 Å². The molecule has 1 fully saturated rings. The Morgan fingerprint density at radius 1 is 1.22 bits per heavy atom. The van der Waals surface area contributed by atoms with E-state index in [-0.39, 0.29) is 29.2 Å². The number of carbonyl (C=O) groups excluding carboxylic acids is 1. The molecule has 5 nitrogen and oxygen atoms in total. The smallest absolute Gasteiger partial charge is 0.254 e. The van der Waals surface area contributed by atoms with Gasteiger partial charge in [-0.25, -0.2) is 17.5 Å².